The number of hydrogen-bond acceptors (Lipinski definition) is 2. The van der Waals surface area contributed by atoms with Crippen LogP contribution in [0.25, 0.3) is 11.3 Å². The molecule has 0 spiro atoms. The zero-order chi connectivity index (χ0) is 13.9. The van der Waals surface area contributed by atoms with E-state index in [4.69, 9.17) is 4.98 Å². The molecule has 2 nitrogen and oxygen atoms in total. The normalized spacial score (nSPS) is 14.5. The Morgan fingerprint density at radius 2 is 1.85 bits per heavy atom. The number of aromatic nitrogens is 1. The molecule has 1 aliphatic carbocycles. The smallest absolute Gasteiger partial charge is 0.0705 e. The fourth-order valence-electron chi connectivity index (χ4n) is 2.39. The molecule has 20 heavy (non-hydrogen) atoms. The Balaban J connectivity index is 1.77. The van der Waals surface area contributed by atoms with E-state index in [1.165, 1.54) is 29.5 Å². The summed E-state index contributed by atoms with van der Waals surface area (Å²) in [5, 5.41) is 3.55. The van der Waals surface area contributed by atoms with E-state index in [-0.39, 0.29) is 0 Å². The number of aryl methyl sites for hydroxylation is 2. The van der Waals surface area contributed by atoms with Crippen molar-refractivity contribution in [1.29, 1.82) is 0 Å². The van der Waals surface area contributed by atoms with Gasteiger partial charge in [-0.3, -0.25) is 4.98 Å². The molecular formula is C18H22N2. The summed E-state index contributed by atoms with van der Waals surface area (Å²) in [6.45, 7) is 5.23. The molecule has 1 N–H and O–H groups in total. The van der Waals surface area contributed by atoms with Crippen molar-refractivity contribution in [3.8, 4) is 11.3 Å². The lowest BCUT2D eigenvalue weighted by Crippen LogP contribution is -2.16. The first kappa shape index (κ1) is 13.3. The zero-order valence-corrected chi connectivity index (χ0v) is 12.3. The fraction of sp³-hybridized carbons (Fsp3) is 0.389. The van der Waals surface area contributed by atoms with E-state index < -0.39 is 0 Å². The van der Waals surface area contributed by atoms with Gasteiger partial charge in [-0.1, -0.05) is 37.3 Å². The number of nitrogens with one attached hydrogen (secondary N) is 1. The molecule has 0 amide bonds. The van der Waals surface area contributed by atoms with E-state index >= 15 is 0 Å². The Hall–Kier alpha value is -1.67. The molecule has 2 aromatic rings. The van der Waals surface area contributed by atoms with Gasteiger partial charge in [-0.15, -0.1) is 0 Å². The quantitative estimate of drug-likeness (QED) is 0.888. The Morgan fingerprint density at radius 1 is 1.10 bits per heavy atom. The fourth-order valence-corrected chi connectivity index (χ4v) is 2.39. The minimum atomic E-state index is 0.746. The van der Waals surface area contributed by atoms with Gasteiger partial charge in [0.1, 0.15) is 0 Å². The van der Waals surface area contributed by atoms with Crippen molar-refractivity contribution in [2.24, 2.45) is 0 Å². The SMILES string of the molecule is CCc1ccc(-c2ccc(CNC3CC3)c(C)n2)cc1. The summed E-state index contributed by atoms with van der Waals surface area (Å²) >= 11 is 0. The van der Waals surface area contributed by atoms with E-state index in [1.54, 1.807) is 0 Å². The lowest BCUT2D eigenvalue weighted by atomic mass is 10.1. The summed E-state index contributed by atoms with van der Waals surface area (Å²) in [5.41, 5.74) is 6.09. The molecule has 1 heterocycles. The highest BCUT2D eigenvalue weighted by Crippen LogP contribution is 2.22. The number of hydrogen-bond donors (Lipinski definition) is 1. The lowest BCUT2D eigenvalue weighted by molar-refractivity contribution is 0.682. The maximum Gasteiger partial charge on any atom is 0.0705 e. The summed E-state index contributed by atoms with van der Waals surface area (Å²) in [6.07, 6.45) is 3.74. The van der Waals surface area contributed by atoms with Crippen molar-refractivity contribution in [3.05, 3.63) is 53.2 Å². The third kappa shape index (κ3) is 3.07. The zero-order valence-electron chi connectivity index (χ0n) is 12.3. The van der Waals surface area contributed by atoms with Crippen LogP contribution in [-0.4, -0.2) is 11.0 Å². The van der Waals surface area contributed by atoms with Gasteiger partial charge < -0.3 is 5.32 Å². The largest absolute Gasteiger partial charge is 0.310 e. The third-order valence-electron chi connectivity index (χ3n) is 4.01. The number of pyridine rings is 1. The van der Waals surface area contributed by atoms with E-state index in [2.05, 4.69) is 55.6 Å². The van der Waals surface area contributed by atoms with Crippen LogP contribution in [0.1, 0.15) is 36.6 Å². The van der Waals surface area contributed by atoms with Gasteiger partial charge in [0.2, 0.25) is 0 Å². The maximum atomic E-state index is 4.76. The van der Waals surface area contributed by atoms with Gasteiger partial charge in [0.15, 0.2) is 0 Å². The second-order valence-corrected chi connectivity index (χ2v) is 5.65. The van der Waals surface area contributed by atoms with Crippen LogP contribution in [0.5, 0.6) is 0 Å². The average molecular weight is 266 g/mol. The van der Waals surface area contributed by atoms with Gasteiger partial charge >= 0.3 is 0 Å². The van der Waals surface area contributed by atoms with Crippen LogP contribution in [-0.2, 0) is 13.0 Å². The van der Waals surface area contributed by atoms with E-state index in [1.807, 2.05) is 0 Å². The predicted octanol–water partition coefficient (Wildman–Crippen LogP) is 3.87. The van der Waals surface area contributed by atoms with Crippen molar-refractivity contribution in [2.75, 3.05) is 0 Å². The molecule has 1 aromatic carbocycles. The molecule has 0 saturated heterocycles. The highest BCUT2D eigenvalue weighted by atomic mass is 14.9. The molecule has 1 fully saturated rings. The Kier molecular flexibility index (Phi) is 3.83. The summed E-state index contributed by atoms with van der Waals surface area (Å²) in [4.78, 5) is 4.76. The lowest BCUT2D eigenvalue weighted by Gasteiger charge is -2.09. The molecule has 1 aliphatic rings. The molecular weight excluding hydrogens is 244 g/mol. The van der Waals surface area contributed by atoms with E-state index in [9.17, 15) is 0 Å². The van der Waals surface area contributed by atoms with Gasteiger partial charge in [-0.25, -0.2) is 0 Å². The molecule has 3 rings (SSSR count). The molecule has 0 radical (unpaired) electrons. The van der Waals surface area contributed by atoms with Crippen LogP contribution < -0.4 is 5.32 Å². The third-order valence-corrected chi connectivity index (χ3v) is 4.01. The van der Waals surface area contributed by atoms with Crippen molar-refractivity contribution in [3.63, 3.8) is 0 Å². The predicted molar refractivity (Wildman–Crippen MR) is 83.6 cm³/mol. The monoisotopic (exact) mass is 266 g/mol. The Labute approximate surface area is 121 Å². The van der Waals surface area contributed by atoms with Crippen molar-refractivity contribution in [1.82, 2.24) is 10.3 Å². The maximum absolute atomic E-state index is 4.76. The number of rotatable bonds is 5. The second kappa shape index (κ2) is 5.76. The van der Waals surface area contributed by atoms with Gasteiger partial charge in [-0.2, -0.15) is 0 Å². The summed E-state index contributed by atoms with van der Waals surface area (Å²) in [5.74, 6) is 0. The minimum absolute atomic E-state index is 0.746. The van der Waals surface area contributed by atoms with Crippen LogP contribution in [0.3, 0.4) is 0 Å². The van der Waals surface area contributed by atoms with Crippen molar-refractivity contribution >= 4 is 0 Å². The van der Waals surface area contributed by atoms with Crippen LogP contribution in [0.4, 0.5) is 0 Å². The summed E-state index contributed by atoms with van der Waals surface area (Å²) < 4.78 is 0. The molecule has 104 valence electrons. The van der Waals surface area contributed by atoms with Crippen LogP contribution >= 0.6 is 0 Å². The second-order valence-electron chi connectivity index (χ2n) is 5.65. The van der Waals surface area contributed by atoms with Crippen LogP contribution in [0, 0.1) is 6.92 Å². The number of benzene rings is 1. The topological polar surface area (TPSA) is 24.9 Å². The van der Waals surface area contributed by atoms with E-state index in [0.29, 0.717) is 0 Å². The molecule has 1 saturated carbocycles. The first-order valence-corrected chi connectivity index (χ1v) is 7.55. The standard InChI is InChI=1S/C18H22N2/c1-3-14-4-6-15(7-5-14)18-11-8-16(13(2)20-18)12-19-17-9-10-17/h4-8,11,17,19H,3,9-10,12H2,1-2H3. The Morgan fingerprint density at radius 3 is 2.45 bits per heavy atom. The summed E-state index contributed by atoms with van der Waals surface area (Å²) in [7, 11) is 0. The molecule has 0 unspecified atom stereocenters. The molecule has 2 heteroatoms. The van der Waals surface area contributed by atoms with Gasteiger partial charge in [0, 0.05) is 23.8 Å². The van der Waals surface area contributed by atoms with Gasteiger partial charge in [0.25, 0.3) is 0 Å². The molecule has 0 bridgehead atoms. The highest BCUT2D eigenvalue weighted by molar-refractivity contribution is 5.60. The van der Waals surface area contributed by atoms with Crippen LogP contribution in [0.15, 0.2) is 36.4 Å². The van der Waals surface area contributed by atoms with Gasteiger partial charge in [-0.05, 0) is 43.4 Å². The molecule has 0 aliphatic heterocycles. The van der Waals surface area contributed by atoms with Gasteiger partial charge in [0.05, 0.1) is 5.69 Å². The highest BCUT2D eigenvalue weighted by Gasteiger charge is 2.20. The first-order valence-electron chi connectivity index (χ1n) is 7.55. The summed E-state index contributed by atoms with van der Waals surface area (Å²) in [6, 6.07) is 13.8. The molecule has 1 aromatic heterocycles. The van der Waals surface area contributed by atoms with E-state index in [0.717, 1.165) is 30.4 Å². The van der Waals surface area contributed by atoms with Crippen molar-refractivity contribution < 1.29 is 0 Å². The minimum Gasteiger partial charge on any atom is -0.310 e. The molecule has 0 atom stereocenters. The van der Waals surface area contributed by atoms with Crippen LogP contribution in [0.2, 0.25) is 0 Å². The average Bonchev–Trinajstić information content (AvgIpc) is 3.30. The van der Waals surface area contributed by atoms with Crippen molar-refractivity contribution in [2.45, 2.75) is 45.7 Å². The number of nitrogens with zero attached hydrogens (tertiary/aromatic N) is 1. The first-order chi connectivity index (χ1) is 9.76. The Bertz CT molecular complexity index is 583.